The lowest BCUT2D eigenvalue weighted by atomic mass is 10.1. The van der Waals surface area contributed by atoms with E-state index in [1.165, 1.54) is 5.56 Å². The van der Waals surface area contributed by atoms with Gasteiger partial charge in [0.05, 0.1) is 24.9 Å². The summed E-state index contributed by atoms with van der Waals surface area (Å²) in [6.45, 7) is 6.69. The minimum absolute atomic E-state index is 0.0181. The van der Waals surface area contributed by atoms with Gasteiger partial charge in [0.25, 0.3) is 5.91 Å². The number of hydrogen-bond acceptors (Lipinski definition) is 3. The molecule has 0 aliphatic carbocycles. The van der Waals surface area contributed by atoms with Crippen molar-refractivity contribution in [2.45, 2.75) is 44.9 Å². The van der Waals surface area contributed by atoms with Crippen LogP contribution >= 0.6 is 15.9 Å². The number of benzene rings is 1. The fraction of sp³-hybridized carbons (Fsp3) is 0.562. The van der Waals surface area contributed by atoms with E-state index < -0.39 is 6.10 Å². The Hall–Kier alpha value is -0.910. The normalized spacial score (nSPS) is 23.0. The van der Waals surface area contributed by atoms with Crippen molar-refractivity contribution >= 4 is 21.8 Å². The van der Waals surface area contributed by atoms with Crippen LogP contribution in [0, 0.1) is 0 Å². The molecular weight excluding hydrogens is 334 g/mol. The number of ether oxygens (including phenoxy) is 2. The van der Waals surface area contributed by atoms with Crippen molar-refractivity contribution < 1.29 is 14.3 Å². The Bertz CT molecular complexity index is 481. The largest absolute Gasteiger partial charge is 0.373 e. The third-order valence-corrected chi connectivity index (χ3v) is 3.73. The third kappa shape index (κ3) is 5.41. The molecule has 1 fully saturated rings. The summed E-state index contributed by atoms with van der Waals surface area (Å²) >= 11 is 3.41. The van der Waals surface area contributed by atoms with E-state index in [0.29, 0.717) is 13.2 Å². The standard InChI is InChI=1S/C16H22BrNO3/c1-16(2,3)21-10-14-15(19)18-13(9-20-14)8-11-4-6-12(17)7-5-11/h4-7,13-14H,8-10H2,1-3H3,(H,18,19)/t13-,14-/m0/s1. The summed E-state index contributed by atoms with van der Waals surface area (Å²) in [5.41, 5.74) is 0.911. The van der Waals surface area contributed by atoms with Crippen molar-refractivity contribution in [2.24, 2.45) is 0 Å². The second-order valence-corrected chi connectivity index (χ2v) is 7.20. The molecule has 2 rings (SSSR count). The van der Waals surface area contributed by atoms with Gasteiger partial charge in [-0.2, -0.15) is 0 Å². The van der Waals surface area contributed by atoms with E-state index in [-0.39, 0.29) is 17.6 Å². The molecule has 5 heteroatoms. The van der Waals surface area contributed by atoms with Gasteiger partial charge in [-0.15, -0.1) is 0 Å². The zero-order chi connectivity index (χ0) is 15.5. The fourth-order valence-electron chi connectivity index (χ4n) is 2.11. The van der Waals surface area contributed by atoms with Crippen LogP contribution in [0.3, 0.4) is 0 Å². The molecule has 0 radical (unpaired) electrons. The predicted octanol–water partition coefficient (Wildman–Crippen LogP) is 2.69. The van der Waals surface area contributed by atoms with E-state index in [1.807, 2.05) is 45.0 Å². The number of hydrogen-bond donors (Lipinski definition) is 1. The van der Waals surface area contributed by atoms with E-state index in [1.54, 1.807) is 0 Å². The highest BCUT2D eigenvalue weighted by Gasteiger charge is 2.30. The van der Waals surface area contributed by atoms with Gasteiger partial charge in [0.15, 0.2) is 6.10 Å². The average Bonchev–Trinajstić information content (AvgIpc) is 2.39. The number of halogens is 1. The van der Waals surface area contributed by atoms with Crippen LogP contribution in [0.1, 0.15) is 26.3 Å². The lowest BCUT2D eigenvalue weighted by molar-refractivity contribution is -0.150. The van der Waals surface area contributed by atoms with Gasteiger partial charge in [-0.05, 0) is 44.9 Å². The average molecular weight is 356 g/mol. The molecule has 116 valence electrons. The molecular formula is C16H22BrNO3. The van der Waals surface area contributed by atoms with Gasteiger partial charge in [0.2, 0.25) is 0 Å². The van der Waals surface area contributed by atoms with Gasteiger partial charge in [0, 0.05) is 4.47 Å². The molecule has 0 saturated carbocycles. The molecule has 0 unspecified atom stereocenters. The molecule has 2 atom stereocenters. The van der Waals surface area contributed by atoms with Gasteiger partial charge >= 0.3 is 0 Å². The molecule has 21 heavy (non-hydrogen) atoms. The Morgan fingerprint density at radius 3 is 2.57 bits per heavy atom. The number of carbonyl (C=O) groups excluding carboxylic acids is 1. The third-order valence-electron chi connectivity index (χ3n) is 3.20. The van der Waals surface area contributed by atoms with Crippen molar-refractivity contribution in [1.82, 2.24) is 5.32 Å². The van der Waals surface area contributed by atoms with Crippen LogP contribution in [-0.4, -0.2) is 36.9 Å². The molecule has 1 heterocycles. The van der Waals surface area contributed by atoms with Crippen molar-refractivity contribution in [1.29, 1.82) is 0 Å². The van der Waals surface area contributed by atoms with Crippen molar-refractivity contribution in [3.05, 3.63) is 34.3 Å². The van der Waals surface area contributed by atoms with Crippen molar-refractivity contribution in [2.75, 3.05) is 13.2 Å². The first-order valence-electron chi connectivity index (χ1n) is 7.14. The van der Waals surface area contributed by atoms with Crippen LogP contribution in [-0.2, 0) is 20.7 Å². The fourth-order valence-corrected chi connectivity index (χ4v) is 2.37. The smallest absolute Gasteiger partial charge is 0.251 e. The molecule has 4 nitrogen and oxygen atoms in total. The SMILES string of the molecule is CC(C)(C)OC[C@@H]1OC[C@H](Cc2ccc(Br)cc2)NC1=O. The molecule has 0 aromatic heterocycles. The maximum atomic E-state index is 12.0. The van der Waals surface area contributed by atoms with Crippen LogP contribution in [0.15, 0.2) is 28.7 Å². The number of amides is 1. The summed E-state index contributed by atoms with van der Waals surface area (Å²) in [4.78, 5) is 12.0. The van der Waals surface area contributed by atoms with E-state index in [9.17, 15) is 4.79 Å². The van der Waals surface area contributed by atoms with E-state index in [0.717, 1.165) is 10.9 Å². The molecule has 1 aromatic rings. The summed E-state index contributed by atoms with van der Waals surface area (Å²) in [6, 6.07) is 8.11. The van der Waals surface area contributed by atoms with Gasteiger partial charge in [-0.1, -0.05) is 28.1 Å². The number of rotatable bonds is 4. The van der Waals surface area contributed by atoms with Crippen LogP contribution in [0.5, 0.6) is 0 Å². The Morgan fingerprint density at radius 1 is 1.33 bits per heavy atom. The molecule has 0 bridgehead atoms. The molecule has 1 aliphatic heterocycles. The first kappa shape index (κ1) is 16.5. The minimum Gasteiger partial charge on any atom is -0.373 e. The summed E-state index contributed by atoms with van der Waals surface area (Å²) in [6.07, 6.45) is 0.261. The summed E-state index contributed by atoms with van der Waals surface area (Å²) in [5.74, 6) is -0.0902. The quantitative estimate of drug-likeness (QED) is 0.903. The van der Waals surface area contributed by atoms with Crippen LogP contribution in [0.4, 0.5) is 0 Å². The van der Waals surface area contributed by atoms with E-state index in [4.69, 9.17) is 9.47 Å². The topological polar surface area (TPSA) is 47.6 Å². The van der Waals surface area contributed by atoms with E-state index >= 15 is 0 Å². The monoisotopic (exact) mass is 355 g/mol. The Morgan fingerprint density at radius 2 is 2.00 bits per heavy atom. The lowest BCUT2D eigenvalue weighted by Crippen LogP contribution is -2.53. The maximum Gasteiger partial charge on any atom is 0.251 e. The highest BCUT2D eigenvalue weighted by atomic mass is 79.9. The molecule has 0 spiro atoms. The van der Waals surface area contributed by atoms with Gasteiger partial charge < -0.3 is 14.8 Å². The highest BCUT2D eigenvalue weighted by Crippen LogP contribution is 2.15. The molecule has 1 saturated heterocycles. The van der Waals surface area contributed by atoms with Crippen LogP contribution in [0.25, 0.3) is 0 Å². The molecule has 1 amide bonds. The van der Waals surface area contributed by atoms with Crippen molar-refractivity contribution in [3.63, 3.8) is 0 Å². The molecule has 1 N–H and O–H groups in total. The predicted molar refractivity (Wildman–Crippen MR) is 85.2 cm³/mol. The molecule has 1 aromatic carbocycles. The lowest BCUT2D eigenvalue weighted by Gasteiger charge is -2.31. The number of carbonyl (C=O) groups is 1. The van der Waals surface area contributed by atoms with Gasteiger partial charge in [-0.3, -0.25) is 4.79 Å². The maximum absolute atomic E-state index is 12.0. The summed E-state index contributed by atoms with van der Waals surface area (Å²) in [7, 11) is 0. The van der Waals surface area contributed by atoms with Crippen molar-refractivity contribution in [3.8, 4) is 0 Å². The zero-order valence-corrected chi connectivity index (χ0v) is 14.3. The first-order chi connectivity index (χ1) is 9.83. The summed E-state index contributed by atoms with van der Waals surface area (Å²) < 4.78 is 12.3. The van der Waals surface area contributed by atoms with Gasteiger partial charge in [-0.25, -0.2) is 0 Å². The minimum atomic E-state index is -0.509. The Balaban J connectivity index is 1.83. The number of nitrogens with one attached hydrogen (secondary N) is 1. The Labute approximate surface area is 134 Å². The van der Waals surface area contributed by atoms with Crippen LogP contribution in [0.2, 0.25) is 0 Å². The second-order valence-electron chi connectivity index (χ2n) is 6.28. The van der Waals surface area contributed by atoms with Crippen LogP contribution < -0.4 is 5.32 Å². The Kier molecular flexibility index (Phi) is 5.41. The molecule has 1 aliphatic rings. The zero-order valence-electron chi connectivity index (χ0n) is 12.7. The number of morpholine rings is 1. The van der Waals surface area contributed by atoms with Gasteiger partial charge in [0.1, 0.15) is 0 Å². The van der Waals surface area contributed by atoms with E-state index in [2.05, 4.69) is 21.2 Å². The summed E-state index contributed by atoms with van der Waals surface area (Å²) in [5, 5.41) is 3.01. The highest BCUT2D eigenvalue weighted by molar-refractivity contribution is 9.10. The first-order valence-corrected chi connectivity index (χ1v) is 7.93. The second kappa shape index (κ2) is 6.90.